The first-order valence-electron chi connectivity index (χ1n) is 10.2. The molecule has 0 radical (unpaired) electrons. The molecule has 0 bridgehead atoms. The number of nitrogens with one attached hydrogen (secondary N) is 1. The minimum atomic E-state index is -0.568. The SMILES string of the molecule is CC(C)C1CC(C(N)=O)N(C(=O)C(NC(=O)CN(C)C)C2CCCCC2)C1. The van der Waals surface area contributed by atoms with Gasteiger partial charge in [0.1, 0.15) is 12.1 Å². The van der Waals surface area contributed by atoms with Gasteiger partial charge in [0.15, 0.2) is 0 Å². The van der Waals surface area contributed by atoms with Crippen molar-refractivity contribution < 1.29 is 14.4 Å². The molecule has 7 heteroatoms. The Balaban J connectivity index is 2.20. The molecule has 0 aromatic heterocycles. The summed E-state index contributed by atoms with van der Waals surface area (Å²) in [4.78, 5) is 41.3. The monoisotopic (exact) mass is 380 g/mol. The van der Waals surface area contributed by atoms with Crippen molar-refractivity contribution in [3.05, 3.63) is 0 Å². The summed E-state index contributed by atoms with van der Waals surface area (Å²) in [5.74, 6) is 0.0228. The normalized spacial score (nSPS) is 25.0. The van der Waals surface area contributed by atoms with Crippen molar-refractivity contribution in [1.29, 1.82) is 0 Å². The van der Waals surface area contributed by atoms with E-state index in [-0.39, 0.29) is 30.2 Å². The van der Waals surface area contributed by atoms with Gasteiger partial charge in [0.25, 0.3) is 0 Å². The van der Waals surface area contributed by atoms with Gasteiger partial charge < -0.3 is 20.9 Å². The summed E-state index contributed by atoms with van der Waals surface area (Å²) >= 11 is 0. The van der Waals surface area contributed by atoms with E-state index in [1.54, 1.807) is 9.80 Å². The number of carbonyl (C=O) groups excluding carboxylic acids is 3. The van der Waals surface area contributed by atoms with E-state index >= 15 is 0 Å². The van der Waals surface area contributed by atoms with Crippen LogP contribution in [0, 0.1) is 17.8 Å². The van der Waals surface area contributed by atoms with Crippen molar-refractivity contribution in [3.63, 3.8) is 0 Å². The number of amides is 3. The molecule has 27 heavy (non-hydrogen) atoms. The Bertz CT molecular complexity index is 543. The van der Waals surface area contributed by atoms with Crippen LogP contribution in [0.5, 0.6) is 0 Å². The summed E-state index contributed by atoms with van der Waals surface area (Å²) < 4.78 is 0. The molecule has 2 fully saturated rings. The average molecular weight is 381 g/mol. The molecule has 1 aliphatic carbocycles. The third-order valence-corrected chi connectivity index (χ3v) is 6.05. The molecule has 2 aliphatic rings. The van der Waals surface area contributed by atoms with E-state index in [1.807, 2.05) is 14.1 Å². The van der Waals surface area contributed by atoms with Crippen LogP contribution in [-0.4, -0.2) is 66.8 Å². The molecule has 1 saturated carbocycles. The van der Waals surface area contributed by atoms with Gasteiger partial charge in [-0.1, -0.05) is 33.1 Å². The third-order valence-electron chi connectivity index (χ3n) is 6.05. The number of rotatable bonds is 7. The molecule has 1 saturated heterocycles. The molecule has 1 aliphatic heterocycles. The first kappa shape index (κ1) is 21.7. The summed E-state index contributed by atoms with van der Waals surface area (Å²) in [6.45, 7) is 4.99. The minimum absolute atomic E-state index is 0.129. The van der Waals surface area contributed by atoms with Gasteiger partial charge in [0.05, 0.1) is 6.54 Å². The van der Waals surface area contributed by atoms with E-state index in [1.165, 1.54) is 6.42 Å². The lowest BCUT2D eigenvalue weighted by Gasteiger charge is -2.34. The minimum Gasteiger partial charge on any atom is -0.368 e. The lowest BCUT2D eigenvalue weighted by Crippen LogP contribution is -2.56. The van der Waals surface area contributed by atoms with Gasteiger partial charge >= 0.3 is 0 Å². The molecule has 7 nitrogen and oxygen atoms in total. The van der Waals surface area contributed by atoms with E-state index in [9.17, 15) is 14.4 Å². The highest BCUT2D eigenvalue weighted by atomic mass is 16.2. The van der Waals surface area contributed by atoms with Crippen LogP contribution in [0.2, 0.25) is 0 Å². The molecule has 3 N–H and O–H groups in total. The lowest BCUT2D eigenvalue weighted by molar-refractivity contribution is -0.142. The molecule has 3 atom stereocenters. The maximum Gasteiger partial charge on any atom is 0.246 e. The smallest absolute Gasteiger partial charge is 0.246 e. The maximum absolute atomic E-state index is 13.4. The number of hydrogen-bond acceptors (Lipinski definition) is 4. The van der Waals surface area contributed by atoms with Gasteiger partial charge in [0, 0.05) is 6.54 Å². The number of primary amides is 1. The van der Waals surface area contributed by atoms with Gasteiger partial charge in [0.2, 0.25) is 17.7 Å². The summed E-state index contributed by atoms with van der Waals surface area (Å²) in [7, 11) is 3.65. The van der Waals surface area contributed by atoms with Crippen molar-refractivity contribution in [1.82, 2.24) is 15.1 Å². The fourth-order valence-electron chi connectivity index (χ4n) is 4.40. The van der Waals surface area contributed by atoms with Crippen molar-refractivity contribution >= 4 is 17.7 Å². The summed E-state index contributed by atoms with van der Waals surface area (Å²) in [5.41, 5.74) is 5.61. The fourth-order valence-corrected chi connectivity index (χ4v) is 4.40. The Kier molecular flexibility index (Phi) is 7.65. The zero-order valence-electron chi connectivity index (χ0n) is 17.2. The Morgan fingerprint density at radius 2 is 1.74 bits per heavy atom. The molecule has 3 unspecified atom stereocenters. The Hall–Kier alpha value is -1.63. The zero-order chi connectivity index (χ0) is 20.1. The predicted molar refractivity (Wildman–Crippen MR) is 105 cm³/mol. The highest BCUT2D eigenvalue weighted by Crippen LogP contribution is 2.32. The van der Waals surface area contributed by atoms with Crippen molar-refractivity contribution in [2.75, 3.05) is 27.2 Å². The average Bonchev–Trinajstić information content (AvgIpc) is 3.05. The topological polar surface area (TPSA) is 95.7 Å². The van der Waals surface area contributed by atoms with E-state index in [0.717, 1.165) is 25.7 Å². The first-order chi connectivity index (χ1) is 12.7. The molecular formula is C20H36N4O3. The molecule has 3 amide bonds. The number of nitrogens with zero attached hydrogens (tertiary/aromatic N) is 2. The third kappa shape index (κ3) is 5.67. The van der Waals surface area contributed by atoms with E-state index in [2.05, 4.69) is 19.2 Å². The molecule has 0 aromatic rings. The number of carbonyl (C=O) groups is 3. The highest BCUT2D eigenvalue weighted by Gasteiger charge is 2.43. The van der Waals surface area contributed by atoms with Crippen LogP contribution in [0.15, 0.2) is 0 Å². The summed E-state index contributed by atoms with van der Waals surface area (Å²) in [6.07, 6.45) is 5.80. The lowest BCUT2D eigenvalue weighted by atomic mass is 9.83. The Labute approximate surface area is 163 Å². The molecular weight excluding hydrogens is 344 g/mol. The Morgan fingerprint density at radius 3 is 2.26 bits per heavy atom. The largest absolute Gasteiger partial charge is 0.368 e. The van der Waals surface area contributed by atoms with E-state index < -0.39 is 18.0 Å². The Morgan fingerprint density at radius 1 is 1.11 bits per heavy atom. The second-order valence-corrected chi connectivity index (χ2v) is 8.83. The van der Waals surface area contributed by atoms with Crippen LogP contribution in [0.25, 0.3) is 0 Å². The first-order valence-corrected chi connectivity index (χ1v) is 10.2. The zero-order valence-corrected chi connectivity index (χ0v) is 17.2. The van der Waals surface area contributed by atoms with Gasteiger partial charge in [-0.2, -0.15) is 0 Å². The predicted octanol–water partition coefficient (Wildman–Crippen LogP) is 0.972. The quantitative estimate of drug-likeness (QED) is 0.688. The van der Waals surface area contributed by atoms with Crippen LogP contribution in [0.4, 0.5) is 0 Å². The van der Waals surface area contributed by atoms with Crippen LogP contribution in [0.1, 0.15) is 52.4 Å². The molecule has 154 valence electrons. The van der Waals surface area contributed by atoms with Crippen LogP contribution >= 0.6 is 0 Å². The molecule has 0 spiro atoms. The molecule has 0 aromatic carbocycles. The van der Waals surface area contributed by atoms with Gasteiger partial charge in [-0.05, 0) is 51.1 Å². The number of nitrogens with two attached hydrogens (primary N) is 1. The van der Waals surface area contributed by atoms with Crippen LogP contribution < -0.4 is 11.1 Å². The second kappa shape index (κ2) is 9.53. The van der Waals surface area contributed by atoms with E-state index in [0.29, 0.717) is 18.9 Å². The van der Waals surface area contributed by atoms with Crippen molar-refractivity contribution in [3.8, 4) is 0 Å². The van der Waals surface area contributed by atoms with Crippen LogP contribution in [0.3, 0.4) is 0 Å². The number of hydrogen-bond donors (Lipinski definition) is 2. The van der Waals surface area contributed by atoms with Gasteiger partial charge in [-0.3, -0.25) is 14.4 Å². The maximum atomic E-state index is 13.4. The fraction of sp³-hybridized carbons (Fsp3) is 0.850. The standard InChI is InChI=1S/C20H36N4O3/c1-13(2)15-10-16(19(21)26)24(11-15)20(27)18(14-8-6-5-7-9-14)22-17(25)12-23(3)4/h13-16,18H,5-12H2,1-4H3,(H2,21,26)(H,22,25). The van der Waals surface area contributed by atoms with Gasteiger partial charge in [-0.25, -0.2) is 0 Å². The second-order valence-electron chi connectivity index (χ2n) is 8.83. The van der Waals surface area contributed by atoms with Crippen LogP contribution in [-0.2, 0) is 14.4 Å². The summed E-state index contributed by atoms with van der Waals surface area (Å²) in [6, 6.07) is -1.13. The highest BCUT2D eigenvalue weighted by molar-refractivity contribution is 5.92. The van der Waals surface area contributed by atoms with Crippen molar-refractivity contribution in [2.45, 2.75) is 64.5 Å². The molecule has 1 heterocycles. The summed E-state index contributed by atoms with van der Waals surface area (Å²) in [5, 5.41) is 2.97. The van der Waals surface area contributed by atoms with Crippen molar-refractivity contribution in [2.24, 2.45) is 23.5 Å². The number of likely N-dealkylation sites (tertiary alicyclic amines) is 1. The van der Waals surface area contributed by atoms with Gasteiger partial charge in [-0.15, -0.1) is 0 Å². The number of likely N-dealkylation sites (N-methyl/N-ethyl adjacent to an activating group) is 1. The molecule has 2 rings (SSSR count). The van der Waals surface area contributed by atoms with E-state index in [4.69, 9.17) is 5.73 Å².